The summed E-state index contributed by atoms with van der Waals surface area (Å²) in [6.45, 7) is 4.70. The Bertz CT molecular complexity index is 3890. The van der Waals surface area contributed by atoms with Crippen molar-refractivity contribution in [2.24, 2.45) is 0 Å². The SMILES string of the molecule is CC1(C)c2ccccc2-c2ccc(N(c3ccc(-c4ccccc4)cc3)c3cccc(-n4c5ccccc5c5cc(-c6cccc(-c7nc(-c8ccccc8)nc(-c8ccccc8)n7)c6)ccc54)c3)cc21. The summed E-state index contributed by atoms with van der Waals surface area (Å²) in [5.74, 6) is 1.92. The first-order valence-electron chi connectivity index (χ1n) is 24.3. The molecule has 0 fully saturated rings. The number of hydrogen-bond donors (Lipinski definition) is 0. The lowest BCUT2D eigenvalue weighted by Gasteiger charge is -2.28. The summed E-state index contributed by atoms with van der Waals surface area (Å²) in [5, 5.41) is 2.37. The summed E-state index contributed by atoms with van der Waals surface area (Å²) in [4.78, 5) is 17.4. The molecule has 0 N–H and O–H groups in total. The lowest BCUT2D eigenvalue weighted by molar-refractivity contribution is 0.660. The maximum Gasteiger partial charge on any atom is 0.164 e. The highest BCUT2D eigenvalue weighted by molar-refractivity contribution is 6.10. The van der Waals surface area contributed by atoms with E-state index in [4.69, 9.17) is 15.0 Å². The van der Waals surface area contributed by atoms with E-state index < -0.39 is 0 Å². The van der Waals surface area contributed by atoms with Crippen LogP contribution in [0.3, 0.4) is 0 Å². The molecule has 336 valence electrons. The topological polar surface area (TPSA) is 46.8 Å². The van der Waals surface area contributed by atoms with Crippen molar-refractivity contribution in [3.8, 4) is 73.2 Å². The van der Waals surface area contributed by atoms with Gasteiger partial charge in [-0.1, -0.05) is 196 Å². The lowest BCUT2D eigenvalue weighted by Crippen LogP contribution is -2.16. The predicted octanol–water partition coefficient (Wildman–Crippen LogP) is 17.1. The van der Waals surface area contributed by atoms with Gasteiger partial charge in [0.2, 0.25) is 0 Å². The highest BCUT2D eigenvalue weighted by atomic mass is 15.1. The molecule has 0 amide bonds. The van der Waals surface area contributed by atoms with E-state index in [9.17, 15) is 0 Å². The lowest BCUT2D eigenvalue weighted by atomic mass is 9.82. The van der Waals surface area contributed by atoms with Crippen LogP contribution in [0.2, 0.25) is 0 Å². The van der Waals surface area contributed by atoms with E-state index in [0.29, 0.717) is 17.5 Å². The third kappa shape index (κ3) is 7.38. The first-order valence-corrected chi connectivity index (χ1v) is 24.3. The van der Waals surface area contributed by atoms with Gasteiger partial charge in [-0.05, 0) is 111 Å². The van der Waals surface area contributed by atoms with Crippen molar-refractivity contribution < 1.29 is 0 Å². The fraction of sp³-hybridized carbons (Fsp3) is 0.0455. The van der Waals surface area contributed by atoms with Crippen molar-refractivity contribution in [1.82, 2.24) is 19.5 Å². The summed E-state index contributed by atoms with van der Waals surface area (Å²) >= 11 is 0. The largest absolute Gasteiger partial charge is 0.310 e. The van der Waals surface area contributed by atoms with Crippen LogP contribution in [0.25, 0.3) is 95.0 Å². The van der Waals surface area contributed by atoms with Crippen LogP contribution in [0.1, 0.15) is 25.0 Å². The zero-order valence-corrected chi connectivity index (χ0v) is 39.4. The Morgan fingerprint density at radius 3 is 1.56 bits per heavy atom. The normalized spacial score (nSPS) is 12.5. The average Bonchev–Trinajstić information content (AvgIpc) is 3.89. The van der Waals surface area contributed by atoms with Crippen LogP contribution in [0, 0.1) is 0 Å². The van der Waals surface area contributed by atoms with Gasteiger partial charge in [-0.3, -0.25) is 0 Å². The molecule has 1 aliphatic carbocycles. The molecule has 0 unspecified atom stereocenters. The number of para-hydroxylation sites is 1. The second kappa shape index (κ2) is 17.1. The molecule has 0 aliphatic heterocycles. The zero-order chi connectivity index (χ0) is 47.5. The third-order valence-corrected chi connectivity index (χ3v) is 14.2. The first kappa shape index (κ1) is 42.0. The molecule has 13 rings (SSSR count). The van der Waals surface area contributed by atoms with Crippen LogP contribution in [0.15, 0.2) is 249 Å². The molecule has 0 atom stereocenters. The third-order valence-electron chi connectivity index (χ3n) is 14.2. The predicted molar refractivity (Wildman–Crippen MR) is 294 cm³/mol. The summed E-state index contributed by atoms with van der Waals surface area (Å²) in [7, 11) is 0. The van der Waals surface area contributed by atoms with Gasteiger partial charge >= 0.3 is 0 Å². The average molecular weight is 910 g/mol. The number of benzene rings is 10. The van der Waals surface area contributed by atoms with E-state index in [1.165, 1.54) is 44.2 Å². The van der Waals surface area contributed by atoms with Crippen LogP contribution in [-0.4, -0.2) is 19.5 Å². The molecule has 10 aromatic carbocycles. The molecule has 0 radical (unpaired) electrons. The summed E-state index contributed by atoms with van der Waals surface area (Å²) < 4.78 is 2.41. The molecule has 71 heavy (non-hydrogen) atoms. The monoisotopic (exact) mass is 909 g/mol. The van der Waals surface area contributed by atoms with E-state index in [2.05, 4.69) is 211 Å². The van der Waals surface area contributed by atoms with Gasteiger partial charge in [0, 0.05) is 55.6 Å². The number of fused-ring (bicyclic) bond motifs is 6. The molecular formula is C66H47N5. The van der Waals surface area contributed by atoms with Crippen molar-refractivity contribution in [1.29, 1.82) is 0 Å². The molecule has 0 spiro atoms. The molecule has 2 aromatic heterocycles. The van der Waals surface area contributed by atoms with Crippen LogP contribution in [-0.2, 0) is 5.41 Å². The van der Waals surface area contributed by atoms with Crippen LogP contribution in [0.5, 0.6) is 0 Å². The molecule has 0 bridgehead atoms. The molecule has 12 aromatic rings. The second-order valence-electron chi connectivity index (χ2n) is 18.9. The van der Waals surface area contributed by atoms with Gasteiger partial charge in [-0.2, -0.15) is 0 Å². The van der Waals surface area contributed by atoms with Crippen LogP contribution >= 0.6 is 0 Å². The van der Waals surface area contributed by atoms with Crippen molar-refractivity contribution in [3.05, 3.63) is 260 Å². The van der Waals surface area contributed by atoms with Gasteiger partial charge < -0.3 is 9.47 Å². The number of rotatable bonds is 9. The fourth-order valence-electron chi connectivity index (χ4n) is 10.7. The number of nitrogens with zero attached hydrogens (tertiary/aromatic N) is 5. The van der Waals surface area contributed by atoms with Gasteiger partial charge in [-0.25, -0.2) is 15.0 Å². The number of anilines is 3. The molecular weight excluding hydrogens is 863 g/mol. The van der Waals surface area contributed by atoms with Crippen LogP contribution < -0.4 is 4.90 Å². The molecule has 0 saturated heterocycles. The van der Waals surface area contributed by atoms with Crippen molar-refractivity contribution in [2.45, 2.75) is 19.3 Å². The number of hydrogen-bond acceptors (Lipinski definition) is 4. The minimum atomic E-state index is -0.139. The smallest absolute Gasteiger partial charge is 0.164 e. The molecule has 1 aliphatic rings. The Labute approximate surface area is 413 Å². The Balaban J connectivity index is 0.913. The van der Waals surface area contributed by atoms with Crippen molar-refractivity contribution in [3.63, 3.8) is 0 Å². The fourth-order valence-corrected chi connectivity index (χ4v) is 10.7. The zero-order valence-electron chi connectivity index (χ0n) is 39.4. The van der Waals surface area contributed by atoms with Gasteiger partial charge in [0.15, 0.2) is 17.5 Å². The van der Waals surface area contributed by atoms with E-state index >= 15 is 0 Å². The Morgan fingerprint density at radius 2 is 0.831 bits per heavy atom. The van der Waals surface area contributed by atoms with Crippen LogP contribution in [0.4, 0.5) is 17.1 Å². The standard InChI is InChI=1S/C66H47N5/c1-66(2)59-30-14-12-28-55(59)56-38-37-54(43-60(56)66)70(51-35-32-45(33-36-51)44-18-6-3-7-19-44)52-26-17-27-53(42-52)71-61-31-15-13-29-57(61)58-41-49(34-39-62(58)71)48-24-16-25-50(40-48)65-68-63(46-20-8-4-9-21-46)67-64(69-65)47-22-10-5-11-23-47/h3-43H,1-2H3. The van der Waals surface area contributed by atoms with Gasteiger partial charge in [0.1, 0.15) is 0 Å². The van der Waals surface area contributed by atoms with Gasteiger partial charge in [0.05, 0.1) is 11.0 Å². The summed E-state index contributed by atoms with van der Waals surface area (Å²) in [6.07, 6.45) is 0. The maximum absolute atomic E-state index is 5.04. The molecule has 5 nitrogen and oxygen atoms in total. The highest BCUT2D eigenvalue weighted by Crippen LogP contribution is 2.51. The molecule has 5 heteroatoms. The maximum atomic E-state index is 5.04. The Kier molecular flexibility index (Phi) is 10.1. The van der Waals surface area contributed by atoms with Gasteiger partial charge in [-0.15, -0.1) is 0 Å². The molecule has 2 heterocycles. The first-order chi connectivity index (χ1) is 34.9. The minimum Gasteiger partial charge on any atom is -0.310 e. The van der Waals surface area contributed by atoms with E-state index in [1.807, 2.05) is 60.7 Å². The van der Waals surface area contributed by atoms with Crippen molar-refractivity contribution in [2.75, 3.05) is 4.90 Å². The van der Waals surface area contributed by atoms with Crippen molar-refractivity contribution >= 4 is 38.9 Å². The quantitative estimate of drug-likeness (QED) is 0.145. The summed E-state index contributed by atoms with van der Waals surface area (Å²) in [6, 6.07) is 88.9. The Hall–Kier alpha value is -9.19. The van der Waals surface area contributed by atoms with Gasteiger partial charge in [0.25, 0.3) is 0 Å². The molecule has 0 saturated carbocycles. The Morgan fingerprint density at radius 1 is 0.324 bits per heavy atom. The minimum absolute atomic E-state index is 0.139. The second-order valence-corrected chi connectivity index (χ2v) is 18.9. The van der Waals surface area contributed by atoms with E-state index in [1.54, 1.807) is 0 Å². The summed E-state index contributed by atoms with van der Waals surface area (Å²) in [5.41, 5.74) is 19.2. The number of aromatic nitrogens is 4. The highest BCUT2D eigenvalue weighted by Gasteiger charge is 2.36. The van der Waals surface area contributed by atoms with E-state index in [0.717, 1.165) is 61.6 Å². The van der Waals surface area contributed by atoms with E-state index in [-0.39, 0.29) is 5.41 Å².